The molecule has 3 heterocycles. The molecule has 1 aliphatic heterocycles. The van der Waals surface area contributed by atoms with E-state index in [1.165, 1.54) is 11.3 Å². The smallest absolute Gasteiger partial charge is 0.273 e. The first-order valence-corrected chi connectivity index (χ1v) is 8.53. The van der Waals surface area contributed by atoms with E-state index in [4.69, 9.17) is 4.42 Å². The number of amides is 1. The second-order valence-electron chi connectivity index (χ2n) is 4.71. The van der Waals surface area contributed by atoms with Gasteiger partial charge in [-0.1, -0.05) is 0 Å². The van der Waals surface area contributed by atoms with Crippen molar-refractivity contribution in [3.63, 3.8) is 0 Å². The molecule has 0 radical (unpaired) electrons. The van der Waals surface area contributed by atoms with Crippen LogP contribution in [0.4, 0.5) is 0 Å². The zero-order chi connectivity index (χ0) is 13.9. The number of aromatic nitrogens is 1. The molecule has 1 atom stereocenters. The van der Waals surface area contributed by atoms with E-state index in [2.05, 4.69) is 4.98 Å². The predicted molar refractivity (Wildman–Crippen MR) is 81.3 cm³/mol. The summed E-state index contributed by atoms with van der Waals surface area (Å²) in [5, 5.41) is 3.13. The molecular formula is C14H16N2O2S2. The Balaban J connectivity index is 1.66. The highest BCUT2D eigenvalue weighted by Crippen LogP contribution is 2.34. The number of hydrogen-bond donors (Lipinski definition) is 0. The van der Waals surface area contributed by atoms with Crippen molar-refractivity contribution >= 4 is 29.0 Å². The molecule has 1 saturated heterocycles. The molecule has 1 amide bonds. The molecular weight excluding hydrogens is 292 g/mol. The monoisotopic (exact) mass is 308 g/mol. The standard InChI is InChI=1S/C14H16N2O2S2/c1-10-15-11(9-20-10)14(17)16-5-4-13(19-8-6-16)12-3-2-7-18-12/h2-3,7,9,13H,4-6,8H2,1H3/t13-/m0/s1. The topological polar surface area (TPSA) is 46.3 Å². The highest BCUT2D eigenvalue weighted by atomic mass is 32.2. The Bertz CT molecular complexity index is 580. The summed E-state index contributed by atoms with van der Waals surface area (Å²) in [4.78, 5) is 18.6. The molecule has 0 unspecified atom stereocenters. The minimum Gasteiger partial charge on any atom is -0.468 e. The van der Waals surface area contributed by atoms with Gasteiger partial charge in [-0.25, -0.2) is 4.98 Å². The van der Waals surface area contributed by atoms with Crippen molar-refractivity contribution in [1.29, 1.82) is 0 Å². The van der Waals surface area contributed by atoms with Gasteiger partial charge in [0.15, 0.2) is 0 Å². The third-order valence-corrected chi connectivity index (χ3v) is 5.39. The summed E-state index contributed by atoms with van der Waals surface area (Å²) in [5.74, 6) is 1.99. The fourth-order valence-corrected chi connectivity index (χ4v) is 4.07. The van der Waals surface area contributed by atoms with Crippen molar-refractivity contribution in [3.8, 4) is 0 Å². The Labute approximate surface area is 126 Å². The second-order valence-corrected chi connectivity index (χ2v) is 7.08. The van der Waals surface area contributed by atoms with Crippen LogP contribution in [0.1, 0.15) is 32.9 Å². The SMILES string of the molecule is Cc1nc(C(=O)N2CCS[C@H](c3ccco3)CC2)cs1. The number of nitrogens with zero attached hydrogens (tertiary/aromatic N) is 2. The Kier molecular flexibility index (Phi) is 4.12. The number of thiazole rings is 1. The van der Waals surface area contributed by atoms with Crippen molar-refractivity contribution < 1.29 is 9.21 Å². The van der Waals surface area contributed by atoms with Crippen LogP contribution in [0.25, 0.3) is 0 Å². The van der Waals surface area contributed by atoms with E-state index in [0.29, 0.717) is 10.9 Å². The van der Waals surface area contributed by atoms with E-state index >= 15 is 0 Å². The lowest BCUT2D eigenvalue weighted by molar-refractivity contribution is 0.0761. The molecule has 6 heteroatoms. The van der Waals surface area contributed by atoms with Gasteiger partial charge in [-0.2, -0.15) is 0 Å². The quantitative estimate of drug-likeness (QED) is 0.853. The summed E-state index contributed by atoms with van der Waals surface area (Å²) in [6.45, 7) is 3.46. The van der Waals surface area contributed by atoms with Gasteiger partial charge in [-0.05, 0) is 25.5 Å². The summed E-state index contributed by atoms with van der Waals surface area (Å²) >= 11 is 3.38. The number of aryl methyl sites for hydroxylation is 1. The molecule has 3 rings (SSSR count). The van der Waals surface area contributed by atoms with Crippen LogP contribution in [-0.2, 0) is 0 Å². The number of rotatable bonds is 2. The van der Waals surface area contributed by atoms with E-state index in [9.17, 15) is 4.79 Å². The maximum absolute atomic E-state index is 12.4. The van der Waals surface area contributed by atoms with Crippen molar-refractivity contribution in [1.82, 2.24) is 9.88 Å². The normalized spacial score (nSPS) is 19.9. The first-order valence-electron chi connectivity index (χ1n) is 6.60. The van der Waals surface area contributed by atoms with Gasteiger partial charge >= 0.3 is 0 Å². The number of thioether (sulfide) groups is 1. The van der Waals surface area contributed by atoms with Gasteiger partial charge < -0.3 is 9.32 Å². The zero-order valence-electron chi connectivity index (χ0n) is 11.2. The van der Waals surface area contributed by atoms with Gasteiger partial charge in [0.2, 0.25) is 0 Å². The Hall–Kier alpha value is -1.27. The molecule has 0 aliphatic carbocycles. The lowest BCUT2D eigenvalue weighted by Gasteiger charge is -2.18. The van der Waals surface area contributed by atoms with E-state index in [1.54, 1.807) is 6.26 Å². The van der Waals surface area contributed by atoms with Gasteiger partial charge in [0.05, 0.1) is 16.5 Å². The first kappa shape index (κ1) is 13.7. The van der Waals surface area contributed by atoms with E-state index in [-0.39, 0.29) is 5.91 Å². The third-order valence-electron chi connectivity index (χ3n) is 3.33. The van der Waals surface area contributed by atoms with Crippen LogP contribution in [0, 0.1) is 6.92 Å². The zero-order valence-corrected chi connectivity index (χ0v) is 12.9. The summed E-state index contributed by atoms with van der Waals surface area (Å²) in [6, 6.07) is 3.93. The molecule has 2 aromatic heterocycles. The van der Waals surface area contributed by atoms with Crippen LogP contribution in [0.15, 0.2) is 28.2 Å². The third kappa shape index (κ3) is 2.91. The highest BCUT2D eigenvalue weighted by Gasteiger charge is 2.25. The molecule has 1 aliphatic rings. The van der Waals surface area contributed by atoms with Crippen LogP contribution in [0.3, 0.4) is 0 Å². The van der Waals surface area contributed by atoms with Crippen molar-refractivity contribution in [2.75, 3.05) is 18.8 Å². The van der Waals surface area contributed by atoms with E-state index < -0.39 is 0 Å². The lowest BCUT2D eigenvalue weighted by Crippen LogP contribution is -2.33. The summed E-state index contributed by atoms with van der Waals surface area (Å²) in [6.07, 6.45) is 2.63. The van der Waals surface area contributed by atoms with Gasteiger partial charge in [-0.15, -0.1) is 23.1 Å². The minimum atomic E-state index is 0.0510. The van der Waals surface area contributed by atoms with Crippen LogP contribution in [-0.4, -0.2) is 34.6 Å². The number of carbonyl (C=O) groups excluding carboxylic acids is 1. The molecule has 2 aromatic rings. The predicted octanol–water partition coefficient (Wildman–Crippen LogP) is 3.36. The lowest BCUT2D eigenvalue weighted by atomic mass is 10.2. The maximum Gasteiger partial charge on any atom is 0.273 e. The molecule has 1 fully saturated rings. The van der Waals surface area contributed by atoms with Crippen LogP contribution in [0.5, 0.6) is 0 Å². The second kappa shape index (κ2) is 6.01. The highest BCUT2D eigenvalue weighted by molar-refractivity contribution is 7.99. The summed E-state index contributed by atoms with van der Waals surface area (Å²) < 4.78 is 5.48. The Morgan fingerprint density at radius 1 is 1.50 bits per heavy atom. The molecule has 0 aromatic carbocycles. The first-order chi connectivity index (χ1) is 9.74. The maximum atomic E-state index is 12.4. The van der Waals surface area contributed by atoms with Crippen LogP contribution in [0.2, 0.25) is 0 Å². The molecule has 0 N–H and O–H groups in total. The van der Waals surface area contributed by atoms with Crippen LogP contribution >= 0.6 is 23.1 Å². The van der Waals surface area contributed by atoms with E-state index in [1.807, 2.05) is 41.1 Å². The average molecular weight is 308 g/mol. The molecule has 0 saturated carbocycles. The van der Waals surface area contributed by atoms with Gasteiger partial charge in [0.25, 0.3) is 5.91 Å². The summed E-state index contributed by atoms with van der Waals surface area (Å²) in [7, 11) is 0. The Morgan fingerprint density at radius 3 is 3.10 bits per heavy atom. The van der Waals surface area contributed by atoms with Gasteiger partial charge in [0, 0.05) is 24.2 Å². The molecule has 20 heavy (non-hydrogen) atoms. The molecule has 0 spiro atoms. The van der Waals surface area contributed by atoms with E-state index in [0.717, 1.165) is 36.0 Å². The molecule has 4 nitrogen and oxygen atoms in total. The van der Waals surface area contributed by atoms with Crippen molar-refractivity contribution in [2.45, 2.75) is 18.6 Å². The van der Waals surface area contributed by atoms with Crippen molar-refractivity contribution in [3.05, 3.63) is 40.2 Å². The fraction of sp³-hybridized carbons (Fsp3) is 0.429. The Morgan fingerprint density at radius 2 is 2.40 bits per heavy atom. The average Bonchev–Trinajstić information content (AvgIpc) is 3.05. The fourth-order valence-electron chi connectivity index (χ4n) is 2.30. The van der Waals surface area contributed by atoms with Crippen molar-refractivity contribution in [2.24, 2.45) is 0 Å². The molecule has 106 valence electrons. The summed E-state index contributed by atoms with van der Waals surface area (Å²) in [5.41, 5.74) is 0.578. The van der Waals surface area contributed by atoms with Crippen LogP contribution < -0.4 is 0 Å². The van der Waals surface area contributed by atoms with Gasteiger partial charge in [-0.3, -0.25) is 4.79 Å². The number of furan rings is 1. The van der Waals surface area contributed by atoms with Gasteiger partial charge in [0.1, 0.15) is 11.5 Å². The number of carbonyl (C=O) groups is 1. The molecule has 0 bridgehead atoms. The number of hydrogen-bond acceptors (Lipinski definition) is 5. The minimum absolute atomic E-state index is 0.0510. The largest absolute Gasteiger partial charge is 0.468 e.